The highest BCUT2D eigenvalue weighted by atomic mass is 16.7. The third-order valence-corrected chi connectivity index (χ3v) is 4.46. The monoisotopic (exact) mass is 483 g/mol. The zero-order valence-corrected chi connectivity index (χ0v) is 18.8. The molecule has 0 radical (unpaired) electrons. The zero-order valence-electron chi connectivity index (χ0n) is 18.8. The lowest BCUT2D eigenvalue weighted by atomic mass is 10.2. The lowest BCUT2D eigenvalue weighted by Gasteiger charge is -2.05. The lowest BCUT2D eigenvalue weighted by molar-refractivity contribution is 0.249. The first-order valence-electron chi connectivity index (χ1n) is 10.5. The largest absolute Gasteiger partial charge is 0.380 e. The molecule has 0 aliphatic rings. The third kappa shape index (κ3) is 6.51. The van der Waals surface area contributed by atoms with Crippen molar-refractivity contribution in [2.75, 3.05) is 0 Å². The molecule has 12 heteroatoms. The summed E-state index contributed by atoms with van der Waals surface area (Å²) in [5.41, 5.74) is 19.8. The van der Waals surface area contributed by atoms with Crippen molar-refractivity contribution < 1.29 is 14.5 Å². The Morgan fingerprint density at radius 2 is 0.694 bits per heavy atom. The van der Waals surface area contributed by atoms with Crippen molar-refractivity contribution in [1.29, 1.82) is 0 Å². The third-order valence-electron chi connectivity index (χ3n) is 4.46. The molecule has 180 valence electrons. The summed E-state index contributed by atoms with van der Waals surface area (Å²) in [5.74, 6) is 0.288. The molecule has 4 aromatic rings. The van der Waals surface area contributed by atoms with Crippen LogP contribution in [0.2, 0.25) is 0 Å². The smallest absolute Gasteiger partial charge is 0.355 e. The Labute approximate surface area is 205 Å². The van der Waals surface area contributed by atoms with Crippen LogP contribution in [0.25, 0.3) is 0 Å². The zero-order chi connectivity index (χ0) is 25.2. The summed E-state index contributed by atoms with van der Waals surface area (Å²) >= 11 is 0. The SMILES string of the molecule is N/C(=N/Oc1nc(O/N=C(/N)c2ccccc2)nc(O/N=C(/N)c2ccccc2)n1)c1ccccc1. The summed E-state index contributed by atoms with van der Waals surface area (Å²) in [6, 6.07) is 26.1. The highest BCUT2D eigenvalue weighted by molar-refractivity contribution is 5.98. The first kappa shape index (κ1) is 23.6. The molecule has 0 unspecified atom stereocenters. The second kappa shape index (κ2) is 11.6. The van der Waals surface area contributed by atoms with Gasteiger partial charge in [0.15, 0.2) is 17.5 Å². The van der Waals surface area contributed by atoms with Gasteiger partial charge in [-0.15, -0.1) is 15.0 Å². The van der Waals surface area contributed by atoms with Gasteiger partial charge in [0.25, 0.3) is 0 Å². The number of rotatable bonds is 9. The van der Waals surface area contributed by atoms with Crippen LogP contribution in [-0.4, -0.2) is 32.5 Å². The Morgan fingerprint density at radius 3 is 0.944 bits per heavy atom. The molecular weight excluding hydrogens is 462 g/mol. The van der Waals surface area contributed by atoms with E-state index in [0.29, 0.717) is 16.7 Å². The van der Waals surface area contributed by atoms with Gasteiger partial charge in [-0.3, -0.25) is 0 Å². The van der Waals surface area contributed by atoms with E-state index in [4.69, 9.17) is 31.7 Å². The summed E-state index contributed by atoms with van der Waals surface area (Å²) in [6.07, 6.45) is 0. The summed E-state index contributed by atoms with van der Waals surface area (Å²) in [4.78, 5) is 27.8. The molecule has 0 saturated carbocycles. The van der Waals surface area contributed by atoms with Crippen LogP contribution in [0.1, 0.15) is 16.7 Å². The molecule has 6 N–H and O–H groups in total. The van der Waals surface area contributed by atoms with Crippen LogP contribution in [0.4, 0.5) is 0 Å². The van der Waals surface area contributed by atoms with E-state index in [9.17, 15) is 0 Å². The van der Waals surface area contributed by atoms with Gasteiger partial charge in [0.05, 0.1) is 0 Å². The summed E-state index contributed by atoms with van der Waals surface area (Å²) in [6.45, 7) is 0. The standard InChI is InChI=1S/C24H21N9O3/c25-19(16-10-4-1-5-11-16)31-34-22-28-23(35-32-20(26)17-12-6-2-7-13-17)30-24(29-22)36-33-21(27)18-14-8-3-9-15-18/h1-15H,(H2,25,31)(H2,26,32)(H2,27,33). The van der Waals surface area contributed by atoms with Crippen molar-refractivity contribution >= 4 is 17.5 Å². The Hall–Kier alpha value is -5.52. The number of oxime groups is 3. The van der Waals surface area contributed by atoms with Gasteiger partial charge < -0.3 is 31.7 Å². The minimum absolute atomic E-state index is 0.0960. The Balaban J connectivity index is 1.58. The number of hydrogen-bond donors (Lipinski definition) is 3. The molecule has 36 heavy (non-hydrogen) atoms. The Kier molecular flexibility index (Phi) is 7.59. The molecule has 0 atom stereocenters. The van der Waals surface area contributed by atoms with E-state index in [0.717, 1.165) is 0 Å². The topological polar surface area (TPSA) is 182 Å². The van der Waals surface area contributed by atoms with Crippen molar-refractivity contribution in [3.8, 4) is 18.0 Å². The Bertz CT molecular complexity index is 1200. The average molecular weight is 483 g/mol. The van der Waals surface area contributed by atoms with Crippen molar-refractivity contribution in [3.63, 3.8) is 0 Å². The van der Waals surface area contributed by atoms with E-state index in [1.807, 2.05) is 54.6 Å². The maximum Gasteiger partial charge on any atom is 0.355 e. The van der Waals surface area contributed by atoms with E-state index in [2.05, 4.69) is 30.4 Å². The quantitative estimate of drug-likeness (QED) is 0.182. The van der Waals surface area contributed by atoms with Crippen molar-refractivity contribution in [3.05, 3.63) is 108 Å². The van der Waals surface area contributed by atoms with Gasteiger partial charge in [-0.2, -0.15) is 0 Å². The normalized spacial score (nSPS) is 12.2. The van der Waals surface area contributed by atoms with Gasteiger partial charge in [0.2, 0.25) is 0 Å². The van der Waals surface area contributed by atoms with Crippen LogP contribution in [0, 0.1) is 0 Å². The van der Waals surface area contributed by atoms with E-state index in [1.54, 1.807) is 36.4 Å². The van der Waals surface area contributed by atoms with Gasteiger partial charge in [-0.1, -0.05) is 106 Å². The minimum atomic E-state index is -0.296. The molecule has 1 aromatic heterocycles. The number of hydrogen-bond acceptors (Lipinski definition) is 9. The minimum Gasteiger partial charge on any atom is -0.380 e. The predicted molar refractivity (Wildman–Crippen MR) is 133 cm³/mol. The summed E-state index contributed by atoms with van der Waals surface area (Å²) in [5, 5.41) is 11.5. The van der Waals surface area contributed by atoms with Gasteiger partial charge in [-0.25, -0.2) is 0 Å². The molecule has 12 nitrogen and oxygen atoms in total. The second-order valence-electron chi connectivity index (χ2n) is 6.98. The van der Waals surface area contributed by atoms with Crippen LogP contribution < -0.4 is 31.7 Å². The van der Waals surface area contributed by atoms with Gasteiger partial charge >= 0.3 is 18.0 Å². The van der Waals surface area contributed by atoms with Crippen molar-refractivity contribution in [2.24, 2.45) is 32.7 Å². The Morgan fingerprint density at radius 1 is 0.444 bits per heavy atom. The summed E-state index contributed by atoms with van der Waals surface area (Å²) in [7, 11) is 0. The molecule has 0 fully saturated rings. The molecule has 0 spiro atoms. The fraction of sp³-hybridized carbons (Fsp3) is 0. The van der Waals surface area contributed by atoms with Gasteiger partial charge in [0, 0.05) is 16.7 Å². The fourth-order valence-corrected chi connectivity index (χ4v) is 2.70. The summed E-state index contributed by atoms with van der Waals surface area (Å²) < 4.78 is 0. The lowest BCUT2D eigenvalue weighted by Crippen LogP contribution is -2.16. The fourth-order valence-electron chi connectivity index (χ4n) is 2.70. The highest BCUT2D eigenvalue weighted by Gasteiger charge is 2.13. The first-order valence-corrected chi connectivity index (χ1v) is 10.5. The molecule has 4 rings (SSSR count). The van der Waals surface area contributed by atoms with Crippen LogP contribution in [0.5, 0.6) is 18.0 Å². The van der Waals surface area contributed by atoms with E-state index >= 15 is 0 Å². The number of benzene rings is 3. The van der Waals surface area contributed by atoms with Crippen LogP contribution in [-0.2, 0) is 0 Å². The molecule has 3 aromatic carbocycles. The van der Waals surface area contributed by atoms with E-state index in [1.165, 1.54) is 0 Å². The highest BCUT2D eigenvalue weighted by Crippen LogP contribution is 2.16. The molecule has 0 bridgehead atoms. The predicted octanol–water partition coefficient (Wildman–Crippen LogP) is 1.97. The first-order chi connectivity index (χ1) is 17.6. The van der Waals surface area contributed by atoms with Crippen LogP contribution in [0.3, 0.4) is 0 Å². The molecule has 0 amide bonds. The number of nitrogens with two attached hydrogens (primary N) is 3. The molecular formula is C24H21N9O3. The van der Waals surface area contributed by atoms with E-state index in [-0.39, 0.29) is 35.5 Å². The second-order valence-corrected chi connectivity index (χ2v) is 6.98. The van der Waals surface area contributed by atoms with Crippen LogP contribution in [0.15, 0.2) is 106 Å². The molecule has 0 aliphatic heterocycles. The van der Waals surface area contributed by atoms with Gasteiger partial charge in [-0.05, 0) is 0 Å². The average Bonchev–Trinajstić information content (AvgIpc) is 2.94. The molecule has 0 aliphatic carbocycles. The van der Waals surface area contributed by atoms with Crippen molar-refractivity contribution in [1.82, 2.24) is 15.0 Å². The maximum absolute atomic E-state index is 5.96. The number of amidine groups is 3. The molecule has 0 saturated heterocycles. The number of aromatic nitrogens is 3. The van der Waals surface area contributed by atoms with Gasteiger partial charge in [0.1, 0.15) is 0 Å². The van der Waals surface area contributed by atoms with Crippen LogP contribution >= 0.6 is 0 Å². The maximum atomic E-state index is 5.96. The number of nitrogens with zero attached hydrogens (tertiary/aromatic N) is 6. The van der Waals surface area contributed by atoms with E-state index < -0.39 is 0 Å². The molecule has 1 heterocycles. The van der Waals surface area contributed by atoms with Crippen molar-refractivity contribution in [2.45, 2.75) is 0 Å².